The molecule has 0 aromatic heterocycles. The SMILES string of the molecule is CN=C/C(=C\N)[C@@H]1O[C@@H]2C[C@H]3[C@@H]4CCC5=CC(=O)C=C[C@]5(C)[C@H]4[C@@H](O)C[C@]3(C)[C@]2(C(=O)CO)O1. The number of aliphatic hydroxyl groups is 2. The Morgan fingerprint density at radius 2 is 2.15 bits per heavy atom. The maximum Gasteiger partial charge on any atom is 0.193 e. The van der Waals surface area contributed by atoms with Crippen LogP contribution in [0.2, 0.25) is 0 Å². The standard InChI is InChI=1S/C26H34N2O6/c1-24-7-6-16(30)8-15(24)4-5-17-18-9-21-26(20(32)13-29,25(18,2)10-19(31)22(17)24)34-23(33-21)14(11-27)12-28-3/h6-8,11-12,17-19,21-23,29,31H,4-5,9-10,13,27H2,1-3H3/b14-11+,28-12?/t17-,18-,19-,21+,22+,23+,24-,25-,26+/m0/s1. The summed E-state index contributed by atoms with van der Waals surface area (Å²) in [6.07, 6.45) is 8.58. The van der Waals surface area contributed by atoms with E-state index >= 15 is 0 Å². The Hall–Kier alpha value is -2.13. The van der Waals surface area contributed by atoms with E-state index in [0.29, 0.717) is 18.4 Å². The van der Waals surface area contributed by atoms with Crippen LogP contribution in [0.15, 0.2) is 40.6 Å². The lowest BCUT2D eigenvalue weighted by molar-refractivity contribution is -0.194. The number of ketones is 2. The van der Waals surface area contributed by atoms with E-state index in [1.807, 2.05) is 13.0 Å². The number of aliphatic imine (C=N–C) groups is 1. The molecule has 1 saturated heterocycles. The predicted octanol–water partition coefficient (Wildman–Crippen LogP) is 1.46. The minimum Gasteiger partial charge on any atom is -0.404 e. The Balaban J connectivity index is 1.56. The first-order chi connectivity index (χ1) is 16.2. The largest absolute Gasteiger partial charge is 0.404 e. The summed E-state index contributed by atoms with van der Waals surface area (Å²) in [5.74, 6) is -0.327. The van der Waals surface area contributed by atoms with Gasteiger partial charge in [-0.1, -0.05) is 25.5 Å². The van der Waals surface area contributed by atoms with Crippen LogP contribution in [0, 0.1) is 28.6 Å². The number of hydrogen-bond donors (Lipinski definition) is 3. The van der Waals surface area contributed by atoms with Gasteiger partial charge in [0.25, 0.3) is 0 Å². The van der Waals surface area contributed by atoms with Crippen molar-refractivity contribution >= 4 is 17.8 Å². The van der Waals surface area contributed by atoms with Gasteiger partial charge < -0.3 is 25.4 Å². The van der Waals surface area contributed by atoms with E-state index in [1.165, 1.54) is 6.20 Å². The molecule has 5 rings (SSSR count). The molecule has 4 aliphatic carbocycles. The lowest BCUT2D eigenvalue weighted by Crippen LogP contribution is -2.63. The minimum absolute atomic E-state index is 0.00354. The normalized spacial score (nSPS) is 47.7. The third-order valence-corrected chi connectivity index (χ3v) is 9.54. The van der Waals surface area contributed by atoms with E-state index in [-0.39, 0.29) is 23.5 Å². The van der Waals surface area contributed by atoms with Crippen LogP contribution >= 0.6 is 0 Å². The van der Waals surface area contributed by atoms with Crippen molar-refractivity contribution in [1.82, 2.24) is 0 Å². The van der Waals surface area contributed by atoms with Crippen LogP contribution in [0.3, 0.4) is 0 Å². The van der Waals surface area contributed by atoms with Crippen molar-refractivity contribution in [3.8, 4) is 0 Å². The number of carbonyl (C=O) groups excluding carboxylic acids is 2. The first kappa shape index (κ1) is 23.6. The average molecular weight is 471 g/mol. The number of ether oxygens (including phenoxy) is 2. The van der Waals surface area contributed by atoms with E-state index in [4.69, 9.17) is 15.2 Å². The molecule has 0 bridgehead atoms. The predicted molar refractivity (Wildman–Crippen MR) is 125 cm³/mol. The van der Waals surface area contributed by atoms with Gasteiger partial charge in [0.2, 0.25) is 0 Å². The quantitative estimate of drug-likeness (QED) is 0.530. The third kappa shape index (κ3) is 2.89. The smallest absolute Gasteiger partial charge is 0.193 e. The minimum atomic E-state index is -1.38. The highest BCUT2D eigenvalue weighted by Gasteiger charge is 2.75. The third-order valence-electron chi connectivity index (χ3n) is 9.54. The Labute approximate surface area is 199 Å². The summed E-state index contributed by atoms with van der Waals surface area (Å²) in [7, 11) is 1.61. The number of hydrogen-bond acceptors (Lipinski definition) is 8. The maximum absolute atomic E-state index is 13.4. The van der Waals surface area contributed by atoms with Gasteiger partial charge >= 0.3 is 0 Å². The van der Waals surface area contributed by atoms with E-state index in [1.54, 1.807) is 25.4 Å². The van der Waals surface area contributed by atoms with Gasteiger partial charge in [-0.05, 0) is 49.7 Å². The van der Waals surface area contributed by atoms with Gasteiger partial charge in [-0.25, -0.2) is 0 Å². The molecular formula is C26H34N2O6. The number of nitrogens with zero attached hydrogens (tertiary/aromatic N) is 1. The number of carbonyl (C=O) groups is 2. The van der Waals surface area contributed by atoms with Crippen molar-refractivity contribution in [3.63, 3.8) is 0 Å². The molecule has 8 heteroatoms. The van der Waals surface area contributed by atoms with Crippen LogP contribution in [0.4, 0.5) is 0 Å². The fraction of sp³-hybridized carbons (Fsp3) is 0.654. The molecule has 8 nitrogen and oxygen atoms in total. The lowest BCUT2D eigenvalue weighted by Gasteiger charge is -2.59. The monoisotopic (exact) mass is 470 g/mol. The second-order valence-electron chi connectivity index (χ2n) is 10.9. The molecule has 0 aromatic carbocycles. The molecule has 0 unspecified atom stereocenters. The van der Waals surface area contributed by atoms with Crippen LogP contribution in [-0.2, 0) is 19.1 Å². The van der Waals surface area contributed by atoms with Crippen LogP contribution in [0.1, 0.15) is 39.5 Å². The summed E-state index contributed by atoms with van der Waals surface area (Å²) in [4.78, 5) is 29.4. The topological polar surface area (TPSA) is 131 Å². The average Bonchev–Trinajstić information content (AvgIpc) is 3.30. The molecular weight excluding hydrogens is 436 g/mol. The van der Waals surface area contributed by atoms with Crippen LogP contribution in [-0.4, -0.2) is 65.7 Å². The zero-order valence-electron chi connectivity index (χ0n) is 19.9. The molecule has 4 fully saturated rings. The summed E-state index contributed by atoms with van der Waals surface area (Å²) >= 11 is 0. The van der Waals surface area contributed by atoms with Gasteiger partial charge in [0, 0.05) is 41.8 Å². The molecule has 0 spiro atoms. The number of rotatable bonds is 4. The van der Waals surface area contributed by atoms with Gasteiger partial charge in [0.05, 0.1) is 12.2 Å². The van der Waals surface area contributed by atoms with Crippen LogP contribution < -0.4 is 5.73 Å². The van der Waals surface area contributed by atoms with E-state index < -0.39 is 47.3 Å². The number of allylic oxidation sites excluding steroid dienone is 4. The van der Waals surface area contributed by atoms with Crippen molar-refractivity contribution in [3.05, 3.63) is 35.6 Å². The zero-order valence-corrected chi connectivity index (χ0v) is 19.9. The van der Waals surface area contributed by atoms with E-state index in [2.05, 4.69) is 11.9 Å². The van der Waals surface area contributed by atoms with Gasteiger partial charge in [0.1, 0.15) is 6.61 Å². The maximum atomic E-state index is 13.4. The second kappa shape index (κ2) is 7.95. The molecule has 184 valence electrons. The summed E-state index contributed by atoms with van der Waals surface area (Å²) in [5.41, 5.74) is 4.85. The van der Waals surface area contributed by atoms with Gasteiger partial charge in [-0.2, -0.15) is 0 Å². The Kier molecular flexibility index (Phi) is 5.52. The van der Waals surface area contributed by atoms with Crippen molar-refractivity contribution in [2.24, 2.45) is 39.3 Å². The molecule has 9 atom stereocenters. The summed E-state index contributed by atoms with van der Waals surface area (Å²) < 4.78 is 12.7. The molecule has 0 amide bonds. The summed E-state index contributed by atoms with van der Waals surface area (Å²) in [5, 5.41) is 21.6. The molecule has 1 aliphatic heterocycles. The Morgan fingerprint density at radius 3 is 2.82 bits per heavy atom. The fourth-order valence-corrected chi connectivity index (χ4v) is 8.17. The number of aliphatic hydroxyl groups excluding tert-OH is 2. The van der Waals surface area contributed by atoms with E-state index in [9.17, 15) is 19.8 Å². The Bertz CT molecular complexity index is 1030. The molecule has 5 aliphatic rings. The number of fused-ring (bicyclic) bond motifs is 7. The molecule has 34 heavy (non-hydrogen) atoms. The first-order valence-corrected chi connectivity index (χ1v) is 12.1. The molecule has 1 heterocycles. The fourth-order valence-electron chi connectivity index (χ4n) is 8.17. The highest BCUT2D eigenvalue weighted by Crippen LogP contribution is 2.69. The van der Waals surface area contributed by atoms with Crippen LogP contribution in [0.5, 0.6) is 0 Å². The molecule has 0 radical (unpaired) electrons. The molecule has 0 aromatic rings. The van der Waals surface area contributed by atoms with E-state index in [0.717, 1.165) is 18.4 Å². The lowest BCUT2D eigenvalue weighted by atomic mass is 9.46. The van der Waals surface area contributed by atoms with Crippen molar-refractivity contribution in [2.45, 2.75) is 63.6 Å². The highest BCUT2D eigenvalue weighted by atomic mass is 16.7. The van der Waals surface area contributed by atoms with Gasteiger partial charge in [-0.15, -0.1) is 0 Å². The molecule has 3 saturated carbocycles. The number of nitrogens with two attached hydrogens (primary N) is 1. The number of Topliss-reactive ketones (excluding diaryl/α,β-unsaturated/α-hetero) is 1. The first-order valence-electron chi connectivity index (χ1n) is 12.1. The summed E-state index contributed by atoms with van der Waals surface area (Å²) in [6.45, 7) is 3.45. The second-order valence-corrected chi connectivity index (χ2v) is 10.9. The zero-order chi connectivity index (χ0) is 24.5. The Morgan fingerprint density at radius 1 is 1.38 bits per heavy atom. The van der Waals surface area contributed by atoms with Gasteiger partial charge in [-0.3, -0.25) is 14.6 Å². The summed E-state index contributed by atoms with van der Waals surface area (Å²) in [6, 6.07) is 0. The van der Waals surface area contributed by atoms with Crippen LogP contribution in [0.25, 0.3) is 0 Å². The van der Waals surface area contributed by atoms with Gasteiger partial charge in [0.15, 0.2) is 23.5 Å². The van der Waals surface area contributed by atoms with Crippen molar-refractivity contribution in [2.75, 3.05) is 13.7 Å². The van der Waals surface area contributed by atoms with Crippen molar-refractivity contribution in [1.29, 1.82) is 0 Å². The molecule has 4 N–H and O–H groups in total. The highest BCUT2D eigenvalue weighted by molar-refractivity contribution is 6.01. The van der Waals surface area contributed by atoms with Crippen molar-refractivity contribution < 1.29 is 29.3 Å².